The summed E-state index contributed by atoms with van der Waals surface area (Å²) in [6.07, 6.45) is 0. The number of aromatic nitrogens is 2. The van der Waals surface area contributed by atoms with Crippen molar-refractivity contribution in [3.63, 3.8) is 0 Å². The fourth-order valence-electron chi connectivity index (χ4n) is 3.37. The highest BCUT2D eigenvalue weighted by atomic mass is 16.5. The Hall–Kier alpha value is -4.59. The van der Waals surface area contributed by atoms with Gasteiger partial charge in [0, 0.05) is 11.1 Å². The number of rotatable bonds is 9. The maximum atomic E-state index is 12.6. The summed E-state index contributed by atoms with van der Waals surface area (Å²) in [4.78, 5) is 12.6. The number of carbonyl (C=O) groups excluding carboxylic acids is 1. The van der Waals surface area contributed by atoms with Crippen molar-refractivity contribution in [3.05, 3.63) is 95.7 Å². The van der Waals surface area contributed by atoms with E-state index in [2.05, 4.69) is 20.7 Å². The lowest BCUT2D eigenvalue weighted by Crippen LogP contribution is -2.19. The Morgan fingerprint density at radius 1 is 0.943 bits per heavy atom. The largest absolute Gasteiger partial charge is 0.493 e. The lowest BCUT2D eigenvalue weighted by molar-refractivity contribution is 0.0950. The van der Waals surface area contributed by atoms with Crippen LogP contribution in [0.25, 0.3) is 11.3 Å². The van der Waals surface area contributed by atoms with Crippen molar-refractivity contribution in [1.82, 2.24) is 15.6 Å². The number of hydrazone groups is 1. The molecule has 1 amide bonds. The molecule has 2 N–H and O–H groups in total. The van der Waals surface area contributed by atoms with Crippen molar-refractivity contribution in [3.8, 4) is 28.5 Å². The first-order chi connectivity index (χ1) is 17.1. The van der Waals surface area contributed by atoms with E-state index >= 15 is 0 Å². The van der Waals surface area contributed by atoms with Gasteiger partial charge in [-0.15, -0.1) is 0 Å². The first-order valence-corrected chi connectivity index (χ1v) is 11.0. The minimum Gasteiger partial charge on any atom is -0.493 e. The van der Waals surface area contributed by atoms with Gasteiger partial charge in [-0.2, -0.15) is 10.2 Å². The average molecular weight is 471 g/mol. The Kier molecular flexibility index (Phi) is 7.42. The van der Waals surface area contributed by atoms with E-state index in [4.69, 9.17) is 14.2 Å². The average Bonchev–Trinajstić information content (AvgIpc) is 3.41. The fourth-order valence-corrected chi connectivity index (χ4v) is 3.37. The van der Waals surface area contributed by atoms with Crippen LogP contribution in [0.15, 0.2) is 84.0 Å². The quantitative estimate of drug-likeness (QED) is 0.270. The second-order valence-electron chi connectivity index (χ2n) is 7.67. The molecule has 0 spiro atoms. The molecule has 0 unspecified atom stereocenters. The summed E-state index contributed by atoms with van der Waals surface area (Å²) in [6.45, 7) is 2.29. The molecular formula is C27H26N4O4. The molecule has 8 heteroatoms. The molecule has 4 rings (SSSR count). The van der Waals surface area contributed by atoms with E-state index in [0.717, 1.165) is 22.4 Å². The zero-order valence-corrected chi connectivity index (χ0v) is 19.7. The van der Waals surface area contributed by atoms with E-state index in [0.29, 0.717) is 35.2 Å². The molecule has 1 heterocycles. The number of methoxy groups -OCH3 is 2. The smallest absolute Gasteiger partial charge is 0.289 e. The van der Waals surface area contributed by atoms with Crippen LogP contribution in [0, 0.1) is 0 Å². The molecule has 8 nitrogen and oxygen atoms in total. The van der Waals surface area contributed by atoms with E-state index < -0.39 is 5.91 Å². The highest BCUT2D eigenvalue weighted by Crippen LogP contribution is 2.27. The number of carbonyl (C=O) groups is 1. The van der Waals surface area contributed by atoms with E-state index in [1.165, 1.54) is 0 Å². The highest BCUT2D eigenvalue weighted by molar-refractivity contribution is 6.01. The molecular weight excluding hydrogens is 444 g/mol. The Morgan fingerprint density at radius 3 is 2.40 bits per heavy atom. The second kappa shape index (κ2) is 11.0. The number of aromatic amines is 1. The summed E-state index contributed by atoms with van der Waals surface area (Å²) in [6, 6.07) is 24.6. The van der Waals surface area contributed by atoms with Gasteiger partial charge in [-0.25, -0.2) is 5.43 Å². The molecule has 3 aromatic carbocycles. The van der Waals surface area contributed by atoms with Crippen LogP contribution in [0.5, 0.6) is 17.2 Å². The van der Waals surface area contributed by atoms with Crippen molar-refractivity contribution >= 4 is 11.6 Å². The summed E-state index contributed by atoms with van der Waals surface area (Å²) in [7, 11) is 3.14. The van der Waals surface area contributed by atoms with Gasteiger partial charge < -0.3 is 14.2 Å². The number of H-pyrrole nitrogens is 1. The molecule has 0 aliphatic heterocycles. The number of nitrogens with zero attached hydrogens (tertiary/aromatic N) is 2. The zero-order chi connectivity index (χ0) is 24.6. The van der Waals surface area contributed by atoms with Crippen LogP contribution >= 0.6 is 0 Å². The van der Waals surface area contributed by atoms with Crippen molar-refractivity contribution < 1.29 is 19.0 Å². The predicted octanol–water partition coefficient (Wildman–Crippen LogP) is 4.83. The van der Waals surface area contributed by atoms with Gasteiger partial charge in [0.2, 0.25) is 0 Å². The molecule has 0 aliphatic rings. The fraction of sp³-hybridized carbons (Fsp3) is 0.148. The van der Waals surface area contributed by atoms with Crippen LogP contribution < -0.4 is 19.6 Å². The van der Waals surface area contributed by atoms with Gasteiger partial charge in [-0.05, 0) is 61.0 Å². The summed E-state index contributed by atoms with van der Waals surface area (Å²) in [5.41, 5.74) is 6.87. The van der Waals surface area contributed by atoms with Crippen LogP contribution in [0.1, 0.15) is 28.5 Å². The molecule has 4 aromatic rings. The van der Waals surface area contributed by atoms with Crippen LogP contribution in [-0.2, 0) is 6.61 Å². The Morgan fingerprint density at radius 2 is 1.69 bits per heavy atom. The normalized spacial score (nSPS) is 11.1. The molecule has 0 aliphatic carbocycles. The number of ether oxygens (including phenoxy) is 3. The molecule has 0 saturated carbocycles. The molecule has 0 atom stereocenters. The van der Waals surface area contributed by atoms with Crippen molar-refractivity contribution in [2.24, 2.45) is 5.10 Å². The van der Waals surface area contributed by atoms with Crippen molar-refractivity contribution in [1.29, 1.82) is 0 Å². The topological polar surface area (TPSA) is 97.8 Å². The van der Waals surface area contributed by atoms with Crippen LogP contribution in [0.4, 0.5) is 0 Å². The minimum absolute atomic E-state index is 0.299. The zero-order valence-electron chi connectivity index (χ0n) is 19.7. The number of nitrogens with one attached hydrogen (secondary N) is 2. The SMILES string of the molecule is COc1ccc(/C(C)=N\NC(=O)c2cc(-c3ccc(OCc4ccccc4)cc3)n[nH]2)cc1OC. The molecule has 0 bridgehead atoms. The third-order valence-electron chi connectivity index (χ3n) is 5.35. The second-order valence-corrected chi connectivity index (χ2v) is 7.67. The molecule has 178 valence electrons. The van der Waals surface area contributed by atoms with Gasteiger partial charge in [0.15, 0.2) is 11.5 Å². The van der Waals surface area contributed by atoms with Gasteiger partial charge in [0.1, 0.15) is 18.1 Å². The molecule has 0 fully saturated rings. The van der Waals surface area contributed by atoms with Gasteiger partial charge >= 0.3 is 0 Å². The van der Waals surface area contributed by atoms with E-state index in [9.17, 15) is 4.79 Å². The Labute approximate surface area is 203 Å². The first kappa shape index (κ1) is 23.6. The highest BCUT2D eigenvalue weighted by Gasteiger charge is 2.12. The van der Waals surface area contributed by atoms with E-state index in [-0.39, 0.29) is 0 Å². The lowest BCUT2D eigenvalue weighted by Gasteiger charge is -2.09. The van der Waals surface area contributed by atoms with E-state index in [1.807, 2.05) is 60.7 Å². The van der Waals surface area contributed by atoms with Gasteiger partial charge in [-0.1, -0.05) is 30.3 Å². The third kappa shape index (κ3) is 5.86. The maximum absolute atomic E-state index is 12.6. The summed E-state index contributed by atoms with van der Waals surface area (Å²) in [5.74, 6) is 1.56. The molecule has 35 heavy (non-hydrogen) atoms. The van der Waals surface area contributed by atoms with Gasteiger partial charge in [0.05, 0.1) is 25.6 Å². The van der Waals surface area contributed by atoms with Crippen LogP contribution in [0.3, 0.4) is 0 Å². The van der Waals surface area contributed by atoms with Gasteiger partial charge in [0.25, 0.3) is 5.91 Å². The molecule has 1 aromatic heterocycles. The standard InChI is InChI=1S/C27H26N4O4/c1-18(21-11-14-25(33-2)26(15-21)34-3)28-31-27(32)24-16-23(29-30-24)20-9-12-22(13-10-20)35-17-19-7-5-4-6-8-19/h4-16H,17H2,1-3H3,(H,29,30)(H,31,32)/b28-18-. The molecule has 0 saturated heterocycles. The predicted molar refractivity (Wildman–Crippen MR) is 134 cm³/mol. The van der Waals surface area contributed by atoms with Crippen LogP contribution in [0.2, 0.25) is 0 Å². The monoisotopic (exact) mass is 470 g/mol. The number of benzene rings is 3. The summed E-state index contributed by atoms with van der Waals surface area (Å²) >= 11 is 0. The molecule has 0 radical (unpaired) electrons. The number of hydrogen-bond acceptors (Lipinski definition) is 6. The van der Waals surface area contributed by atoms with Crippen LogP contribution in [-0.4, -0.2) is 36.0 Å². The number of hydrogen-bond donors (Lipinski definition) is 2. The Balaban J connectivity index is 1.37. The van der Waals surface area contributed by atoms with Crippen molar-refractivity contribution in [2.45, 2.75) is 13.5 Å². The maximum Gasteiger partial charge on any atom is 0.289 e. The van der Waals surface area contributed by atoms with Crippen molar-refractivity contribution in [2.75, 3.05) is 14.2 Å². The third-order valence-corrected chi connectivity index (χ3v) is 5.35. The summed E-state index contributed by atoms with van der Waals surface area (Å²) in [5, 5.41) is 11.2. The Bertz CT molecular complexity index is 1310. The van der Waals surface area contributed by atoms with Gasteiger partial charge in [-0.3, -0.25) is 9.89 Å². The number of amides is 1. The lowest BCUT2D eigenvalue weighted by atomic mass is 10.1. The summed E-state index contributed by atoms with van der Waals surface area (Å²) < 4.78 is 16.4. The minimum atomic E-state index is -0.397. The first-order valence-electron chi connectivity index (χ1n) is 11.0. The van der Waals surface area contributed by atoms with E-state index in [1.54, 1.807) is 39.3 Å².